The van der Waals surface area contributed by atoms with E-state index in [4.69, 9.17) is 4.74 Å². The van der Waals surface area contributed by atoms with Gasteiger partial charge in [0.15, 0.2) is 0 Å². The number of ether oxygens (including phenoxy) is 1. The summed E-state index contributed by atoms with van der Waals surface area (Å²) in [7, 11) is 1.73. The van der Waals surface area contributed by atoms with E-state index in [1.54, 1.807) is 7.11 Å². The van der Waals surface area contributed by atoms with Crippen molar-refractivity contribution in [2.75, 3.05) is 7.11 Å². The molecule has 0 bridgehead atoms. The van der Waals surface area contributed by atoms with Crippen LogP contribution in [-0.2, 0) is 19.5 Å². The summed E-state index contributed by atoms with van der Waals surface area (Å²) in [5.41, 5.74) is 3.98. The van der Waals surface area contributed by atoms with Crippen LogP contribution in [0.15, 0.2) is 30.5 Å². The van der Waals surface area contributed by atoms with Crippen molar-refractivity contribution in [3.8, 4) is 5.75 Å². The number of benzene rings is 1. The number of aryl methyl sites for hydroxylation is 1. The second-order valence-corrected chi connectivity index (χ2v) is 5.50. The zero-order valence-corrected chi connectivity index (χ0v) is 12.8. The molecule has 1 N–H and O–H groups in total. The van der Waals surface area contributed by atoms with E-state index < -0.39 is 0 Å². The summed E-state index contributed by atoms with van der Waals surface area (Å²) in [6, 6.07) is 8.59. The SMILES string of the molecule is CCn1ncc2c1CCCC2NCc1ccccc1OC. The summed E-state index contributed by atoms with van der Waals surface area (Å²) in [5, 5.41) is 8.18. The summed E-state index contributed by atoms with van der Waals surface area (Å²) in [6.45, 7) is 3.93. The zero-order valence-electron chi connectivity index (χ0n) is 12.8. The smallest absolute Gasteiger partial charge is 0.123 e. The third-order valence-corrected chi connectivity index (χ3v) is 4.29. The molecule has 4 heteroatoms. The first-order valence-corrected chi connectivity index (χ1v) is 7.73. The van der Waals surface area contributed by atoms with Gasteiger partial charge in [-0.15, -0.1) is 0 Å². The topological polar surface area (TPSA) is 39.1 Å². The fourth-order valence-corrected chi connectivity index (χ4v) is 3.19. The molecule has 1 aromatic carbocycles. The number of methoxy groups -OCH3 is 1. The Morgan fingerprint density at radius 3 is 3.05 bits per heavy atom. The van der Waals surface area contributed by atoms with E-state index in [-0.39, 0.29) is 0 Å². The molecule has 1 atom stereocenters. The molecule has 21 heavy (non-hydrogen) atoms. The number of nitrogens with zero attached hydrogens (tertiary/aromatic N) is 2. The number of rotatable bonds is 5. The Morgan fingerprint density at radius 2 is 2.24 bits per heavy atom. The molecule has 0 amide bonds. The maximum atomic E-state index is 5.42. The highest BCUT2D eigenvalue weighted by atomic mass is 16.5. The summed E-state index contributed by atoms with van der Waals surface area (Å²) >= 11 is 0. The Kier molecular flexibility index (Phi) is 4.25. The van der Waals surface area contributed by atoms with Gasteiger partial charge in [0.25, 0.3) is 0 Å². The van der Waals surface area contributed by atoms with Crippen molar-refractivity contribution in [3.05, 3.63) is 47.3 Å². The number of hydrogen-bond donors (Lipinski definition) is 1. The van der Waals surface area contributed by atoms with Crippen LogP contribution >= 0.6 is 0 Å². The van der Waals surface area contributed by atoms with E-state index in [2.05, 4.69) is 34.2 Å². The van der Waals surface area contributed by atoms with E-state index in [1.807, 2.05) is 18.3 Å². The van der Waals surface area contributed by atoms with Crippen LogP contribution in [0, 0.1) is 0 Å². The maximum absolute atomic E-state index is 5.42. The van der Waals surface area contributed by atoms with Crippen molar-refractivity contribution >= 4 is 0 Å². The van der Waals surface area contributed by atoms with Gasteiger partial charge < -0.3 is 10.1 Å². The first kappa shape index (κ1) is 14.1. The minimum absolute atomic E-state index is 0.402. The fourth-order valence-electron chi connectivity index (χ4n) is 3.19. The number of hydrogen-bond acceptors (Lipinski definition) is 3. The number of para-hydroxylation sites is 1. The van der Waals surface area contributed by atoms with Gasteiger partial charge in [-0.3, -0.25) is 4.68 Å². The quantitative estimate of drug-likeness (QED) is 0.917. The normalized spacial score (nSPS) is 17.5. The average Bonchev–Trinajstić information content (AvgIpc) is 2.96. The molecule has 0 aliphatic heterocycles. The molecule has 3 rings (SSSR count). The first-order valence-electron chi connectivity index (χ1n) is 7.73. The van der Waals surface area contributed by atoms with Crippen molar-refractivity contribution in [1.29, 1.82) is 0 Å². The Bertz CT molecular complexity index is 606. The van der Waals surface area contributed by atoms with Crippen LogP contribution < -0.4 is 10.1 Å². The largest absolute Gasteiger partial charge is 0.496 e. The summed E-state index contributed by atoms with van der Waals surface area (Å²) < 4.78 is 7.55. The molecule has 1 aromatic heterocycles. The molecule has 4 nitrogen and oxygen atoms in total. The van der Waals surface area contributed by atoms with Crippen LogP contribution in [0.25, 0.3) is 0 Å². The van der Waals surface area contributed by atoms with Gasteiger partial charge in [-0.05, 0) is 32.3 Å². The lowest BCUT2D eigenvalue weighted by Crippen LogP contribution is -2.25. The number of nitrogens with one attached hydrogen (secondary N) is 1. The van der Waals surface area contributed by atoms with E-state index in [0.717, 1.165) is 25.3 Å². The van der Waals surface area contributed by atoms with Crippen molar-refractivity contribution in [3.63, 3.8) is 0 Å². The highest BCUT2D eigenvalue weighted by Crippen LogP contribution is 2.30. The third-order valence-electron chi connectivity index (χ3n) is 4.29. The molecule has 112 valence electrons. The van der Waals surface area contributed by atoms with Gasteiger partial charge in [0, 0.05) is 36.0 Å². The third kappa shape index (κ3) is 2.81. The van der Waals surface area contributed by atoms with Crippen LogP contribution in [0.2, 0.25) is 0 Å². The minimum Gasteiger partial charge on any atom is -0.496 e. The van der Waals surface area contributed by atoms with Gasteiger partial charge in [-0.1, -0.05) is 18.2 Å². The van der Waals surface area contributed by atoms with Crippen molar-refractivity contribution in [2.45, 2.75) is 45.3 Å². The van der Waals surface area contributed by atoms with Gasteiger partial charge in [-0.25, -0.2) is 0 Å². The standard InChI is InChI=1S/C17H23N3O/c1-3-20-16-9-6-8-15(14(16)12-19-20)18-11-13-7-4-5-10-17(13)21-2/h4-5,7,10,12,15,18H,3,6,8-9,11H2,1-2H3. The van der Waals surface area contributed by atoms with Crippen LogP contribution in [0.4, 0.5) is 0 Å². The van der Waals surface area contributed by atoms with Crippen LogP contribution in [0.1, 0.15) is 42.6 Å². The van der Waals surface area contributed by atoms with E-state index in [1.165, 1.54) is 29.7 Å². The number of aromatic nitrogens is 2. The van der Waals surface area contributed by atoms with Gasteiger partial charge in [0.2, 0.25) is 0 Å². The average molecular weight is 285 g/mol. The summed E-state index contributed by atoms with van der Waals surface area (Å²) in [6.07, 6.45) is 5.59. The molecule has 0 saturated heterocycles. The highest BCUT2D eigenvalue weighted by molar-refractivity contribution is 5.33. The Balaban J connectivity index is 1.74. The van der Waals surface area contributed by atoms with Gasteiger partial charge in [-0.2, -0.15) is 5.10 Å². The van der Waals surface area contributed by atoms with E-state index >= 15 is 0 Å². The van der Waals surface area contributed by atoms with Crippen molar-refractivity contribution in [1.82, 2.24) is 15.1 Å². The first-order chi connectivity index (χ1) is 10.3. The van der Waals surface area contributed by atoms with Crippen LogP contribution in [0.3, 0.4) is 0 Å². The summed E-state index contributed by atoms with van der Waals surface area (Å²) in [5.74, 6) is 0.949. The Hall–Kier alpha value is -1.81. The summed E-state index contributed by atoms with van der Waals surface area (Å²) in [4.78, 5) is 0. The lowest BCUT2D eigenvalue weighted by molar-refractivity contribution is 0.400. The molecule has 1 unspecified atom stereocenters. The van der Waals surface area contributed by atoms with Gasteiger partial charge in [0.05, 0.1) is 13.3 Å². The lowest BCUT2D eigenvalue weighted by Gasteiger charge is -2.24. The van der Waals surface area contributed by atoms with Crippen LogP contribution in [0.5, 0.6) is 5.75 Å². The van der Waals surface area contributed by atoms with Crippen LogP contribution in [-0.4, -0.2) is 16.9 Å². The molecule has 1 aliphatic rings. The minimum atomic E-state index is 0.402. The second-order valence-electron chi connectivity index (χ2n) is 5.50. The Morgan fingerprint density at radius 1 is 1.38 bits per heavy atom. The van der Waals surface area contributed by atoms with E-state index in [0.29, 0.717) is 6.04 Å². The predicted octanol–water partition coefficient (Wildman–Crippen LogP) is 3.08. The van der Waals surface area contributed by atoms with Crippen molar-refractivity contribution < 1.29 is 4.74 Å². The second kappa shape index (κ2) is 6.31. The predicted molar refractivity (Wildman–Crippen MR) is 83.4 cm³/mol. The molecule has 0 spiro atoms. The molecular formula is C17H23N3O. The highest BCUT2D eigenvalue weighted by Gasteiger charge is 2.23. The molecule has 1 aliphatic carbocycles. The lowest BCUT2D eigenvalue weighted by atomic mass is 9.92. The molecule has 2 aromatic rings. The van der Waals surface area contributed by atoms with E-state index in [9.17, 15) is 0 Å². The molecule has 0 saturated carbocycles. The molecule has 0 radical (unpaired) electrons. The molecule has 1 heterocycles. The maximum Gasteiger partial charge on any atom is 0.123 e. The molecule has 0 fully saturated rings. The zero-order chi connectivity index (χ0) is 14.7. The fraction of sp³-hybridized carbons (Fsp3) is 0.471. The Labute approximate surface area is 126 Å². The monoisotopic (exact) mass is 285 g/mol. The molecular weight excluding hydrogens is 262 g/mol. The van der Waals surface area contributed by atoms with Crippen molar-refractivity contribution in [2.24, 2.45) is 0 Å². The van der Waals surface area contributed by atoms with Gasteiger partial charge >= 0.3 is 0 Å². The van der Waals surface area contributed by atoms with Gasteiger partial charge in [0.1, 0.15) is 5.75 Å². The number of fused-ring (bicyclic) bond motifs is 1.